The Morgan fingerprint density at radius 2 is 1.67 bits per heavy atom. The normalized spacial score (nSPS) is 21.7. The monoisotopic (exact) mass is 371 g/mol. The number of carbonyl (C=O) groups excluding carboxylic acids is 1. The molecule has 3 heterocycles. The van der Waals surface area contributed by atoms with Crippen molar-refractivity contribution in [2.45, 2.75) is 57.8 Å². The molecular weight excluding hydrogens is 338 g/mol. The van der Waals surface area contributed by atoms with Gasteiger partial charge in [-0.15, -0.1) is 0 Å². The molecule has 148 valence electrons. The predicted octanol–water partition coefficient (Wildman–Crippen LogP) is 3.09. The SMILES string of the molecule is O=C(CCC1CCCC1)N1CCN(c2ccnc(N3CCCCC3)n2)CC1. The molecule has 3 aliphatic rings. The lowest BCUT2D eigenvalue weighted by Gasteiger charge is -2.36. The molecule has 6 heteroatoms. The van der Waals surface area contributed by atoms with Gasteiger partial charge >= 0.3 is 0 Å². The van der Waals surface area contributed by atoms with Gasteiger partial charge in [-0.1, -0.05) is 25.7 Å². The fourth-order valence-corrected chi connectivity index (χ4v) is 4.73. The predicted molar refractivity (Wildman–Crippen MR) is 108 cm³/mol. The maximum absolute atomic E-state index is 12.5. The Labute approximate surface area is 162 Å². The summed E-state index contributed by atoms with van der Waals surface area (Å²) in [5.41, 5.74) is 0. The fraction of sp³-hybridized carbons (Fsp3) is 0.762. The van der Waals surface area contributed by atoms with E-state index in [1.807, 2.05) is 12.3 Å². The number of amides is 1. The molecule has 0 unspecified atom stereocenters. The van der Waals surface area contributed by atoms with E-state index in [9.17, 15) is 4.79 Å². The fourth-order valence-electron chi connectivity index (χ4n) is 4.73. The Kier molecular flexibility index (Phi) is 6.10. The highest BCUT2D eigenvalue weighted by Gasteiger charge is 2.24. The largest absolute Gasteiger partial charge is 0.353 e. The van der Waals surface area contributed by atoms with E-state index in [0.717, 1.165) is 69.8 Å². The summed E-state index contributed by atoms with van der Waals surface area (Å²) in [6, 6.07) is 2.00. The van der Waals surface area contributed by atoms with Crippen LogP contribution in [0.15, 0.2) is 12.3 Å². The van der Waals surface area contributed by atoms with Gasteiger partial charge in [0.1, 0.15) is 5.82 Å². The van der Waals surface area contributed by atoms with Crippen LogP contribution in [-0.4, -0.2) is 60.0 Å². The minimum Gasteiger partial charge on any atom is -0.353 e. The van der Waals surface area contributed by atoms with Crippen molar-refractivity contribution < 1.29 is 4.79 Å². The van der Waals surface area contributed by atoms with Crippen LogP contribution in [0.25, 0.3) is 0 Å². The Morgan fingerprint density at radius 3 is 2.41 bits per heavy atom. The van der Waals surface area contributed by atoms with Crippen LogP contribution in [0, 0.1) is 5.92 Å². The quantitative estimate of drug-likeness (QED) is 0.796. The Hall–Kier alpha value is -1.85. The van der Waals surface area contributed by atoms with Crippen LogP contribution in [0.3, 0.4) is 0 Å². The molecule has 1 saturated carbocycles. The van der Waals surface area contributed by atoms with Crippen molar-refractivity contribution in [1.29, 1.82) is 0 Å². The number of hydrogen-bond donors (Lipinski definition) is 0. The van der Waals surface area contributed by atoms with E-state index in [0.29, 0.717) is 5.91 Å². The van der Waals surface area contributed by atoms with E-state index in [1.165, 1.54) is 44.9 Å². The molecule has 0 N–H and O–H groups in total. The zero-order chi connectivity index (χ0) is 18.5. The summed E-state index contributed by atoms with van der Waals surface area (Å²) < 4.78 is 0. The Balaban J connectivity index is 1.27. The minimum absolute atomic E-state index is 0.346. The summed E-state index contributed by atoms with van der Waals surface area (Å²) in [5, 5.41) is 0. The molecule has 4 rings (SSSR count). The number of carbonyl (C=O) groups is 1. The van der Waals surface area contributed by atoms with Crippen molar-refractivity contribution in [2.24, 2.45) is 5.92 Å². The molecule has 1 aromatic heterocycles. The van der Waals surface area contributed by atoms with E-state index in [1.54, 1.807) is 0 Å². The first kappa shape index (κ1) is 18.5. The van der Waals surface area contributed by atoms with Gasteiger partial charge in [0.15, 0.2) is 0 Å². The summed E-state index contributed by atoms with van der Waals surface area (Å²) in [6.45, 7) is 5.48. The molecule has 1 aromatic rings. The minimum atomic E-state index is 0.346. The number of hydrogen-bond acceptors (Lipinski definition) is 5. The standard InChI is InChI=1S/C21H33N5O/c27-20(9-8-18-6-2-3-7-18)25-16-14-24(15-17-25)19-10-11-22-21(23-19)26-12-4-1-5-13-26/h10-11,18H,1-9,12-17H2. The lowest BCUT2D eigenvalue weighted by molar-refractivity contribution is -0.131. The van der Waals surface area contributed by atoms with Gasteiger partial charge in [0.25, 0.3) is 0 Å². The van der Waals surface area contributed by atoms with Crippen molar-refractivity contribution in [3.05, 3.63) is 12.3 Å². The third kappa shape index (κ3) is 4.71. The van der Waals surface area contributed by atoms with Crippen LogP contribution in [0.4, 0.5) is 11.8 Å². The molecule has 2 aliphatic heterocycles. The molecule has 0 aromatic carbocycles. The van der Waals surface area contributed by atoms with E-state index < -0.39 is 0 Å². The van der Waals surface area contributed by atoms with Gasteiger partial charge in [0.05, 0.1) is 0 Å². The lowest BCUT2D eigenvalue weighted by atomic mass is 10.0. The molecule has 0 atom stereocenters. The third-order valence-corrected chi connectivity index (χ3v) is 6.46. The zero-order valence-electron chi connectivity index (χ0n) is 16.5. The van der Waals surface area contributed by atoms with Crippen LogP contribution in [0.2, 0.25) is 0 Å². The maximum Gasteiger partial charge on any atom is 0.227 e. The van der Waals surface area contributed by atoms with E-state index in [4.69, 9.17) is 4.98 Å². The van der Waals surface area contributed by atoms with Gasteiger partial charge in [0.2, 0.25) is 11.9 Å². The summed E-state index contributed by atoms with van der Waals surface area (Å²) in [6.07, 6.45) is 12.8. The highest BCUT2D eigenvalue weighted by Crippen LogP contribution is 2.29. The van der Waals surface area contributed by atoms with Gasteiger partial charge < -0.3 is 14.7 Å². The summed E-state index contributed by atoms with van der Waals surface area (Å²) in [7, 11) is 0. The third-order valence-electron chi connectivity index (χ3n) is 6.46. The number of aromatic nitrogens is 2. The second kappa shape index (κ2) is 8.89. The molecule has 3 fully saturated rings. The molecule has 6 nitrogen and oxygen atoms in total. The molecular formula is C21H33N5O. The van der Waals surface area contributed by atoms with E-state index in [2.05, 4.69) is 19.7 Å². The average Bonchev–Trinajstić information content (AvgIpc) is 3.27. The topological polar surface area (TPSA) is 52.6 Å². The summed E-state index contributed by atoms with van der Waals surface area (Å²) in [5.74, 6) is 3.01. The van der Waals surface area contributed by atoms with Crippen molar-refractivity contribution in [1.82, 2.24) is 14.9 Å². The molecule has 1 amide bonds. The van der Waals surface area contributed by atoms with Gasteiger partial charge in [-0.3, -0.25) is 4.79 Å². The van der Waals surface area contributed by atoms with E-state index in [-0.39, 0.29) is 0 Å². The van der Waals surface area contributed by atoms with Gasteiger partial charge in [-0.05, 0) is 37.7 Å². The molecule has 2 saturated heterocycles. The first-order valence-corrected chi connectivity index (χ1v) is 10.9. The molecule has 0 spiro atoms. The Bertz CT molecular complexity index is 617. The number of rotatable bonds is 5. The van der Waals surface area contributed by atoms with Crippen molar-refractivity contribution >= 4 is 17.7 Å². The molecule has 27 heavy (non-hydrogen) atoms. The number of anilines is 2. The van der Waals surface area contributed by atoms with Gasteiger partial charge in [-0.25, -0.2) is 4.98 Å². The number of piperazine rings is 1. The average molecular weight is 372 g/mol. The highest BCUT2D eigenvalue weighted by atomic mass is 16.2. The number of nitrogens with zero attached hydrogens (tertiary/aromatic N) is 5. The summed E-state index contributed by atoms with van der Waals surface area (Å²) in [4.78, 5) is 28.5. The molecule has 0 radical (unpaired) electrons. The highest BCUT2D eigenvalue weighted by molar-refractivity contribution is 5.76. The van der Waals surface area contributed by atoms with Gasteiger partial charge in [0, 0.05) is 51.9 Å². The van der Waals surface area contributed by atoms with Crippen LogP contribution >= 0.6 is 0 Å². The smallest absolute Gasteiger partial charge is 0.227 e. The molecule has 0 bridgehead atoms. The first-order chi connectivity index (χ1) is 13.3. The van der Waals surface area contributed by atoms with Crippen molar-refractivity contribution in [3.63, 3.8) is 0 Å². The van der Waals surface area contributed by atoms with Crippen LogP contribution in [0.1, 0.15) is 57.8 Å². The Morgan fingerprint density at radius 1 is 0.926 bits per heavy atom. The van der Waals surface area contributed by atoms with E-state index >= 15 is 0 Å². The number of piperidine rings is 1. The van der Waals surface area contributed by atoms with Gasteiger partial charge in [-0.2, -0.15) is 4.98 Å². The van der Waals surface area contributed by atoms with Crippen LogP contribution in [-0.2, 0) is 4.79 Å². The maximum atomic E-state index is 12.5. The zero-order valence-corrected chi connectivity index (χ0v) is 16.5. The van der Waals surface area contributed by atoms with Crippen molar-refractivity contribution in [2.75, 3.05) is 49.1 Å². The molecule has 1 aliphatic carbocycles. The lowest BCUT2D eigenvalue weighted by Crippen LogP contribution is -2.49. The second-order valence-corrected chi connectivity index (χ2v) is 8.32. The second-order valence-electron chi connectivity index (χ2n) is 8.32. The van der Waals surface area contributed by atoms with Crippen LogP contribution < -0.4 is 9.80 Å². The van der Waals surface area contributed by atoms with Crippen LogP contribution in [0.5, 0.6) is 0 Å². The van der Waals surface area contributed by atoms with Crippen molar-refractivity contribution in [3.8, 4) is 0 Å². The summed E-state index contributed by atoms with van der Waals surface area (Å²) >= 11 is 0. The first-order valence-electron chi connectivity index (χ1n) is 10.9.